The number of nitrogens with one attached hydrogen (secondary N) is 2. The molecular formula is C35H41ClF2N4O3. The van der Waals surface area contributed by atoms with Crippen molar-refractivity contribution in [3.05, 3.63) is 99.7 Å². The van der Waals surface area contributed by atoms with Gasteiger partial charge in [0.05, 0.1) is 17.8 Å². The molecule has 0 spiro atoms. The van der Waals surface area contributed by atoms with Crippen molar-refractivity contribution in [1.29, 1.82) is 0 Å². The van der Waals surface area contributed by atoms with Crippen LogP contribution >= 0.6 is 11.6 Å². The van der Waals surface area contributed by atoms with Crippen molar-refractivity contribution in [3.63, 3.8) is 0 Å². The molecule has 0 bridgehead atoms. The van der Waals surface area contributed by atoms with Crippen molar-refractivity contribution in [1.82, 2.24) is 10.6 Å². The maximum Gasteiger partial charge on any atom is 0.204 e. The van der Waals surface area contributed by atoms with E-state index in [4.69, 9.17) is 25.9 Å². The van der Waals surface area contributed by atoms with E-state index in [9.17, 15) is 8.78 Å². The lowest BCUT2D eigenvalue weighted by Crippen LogP contribution is -2.35. The highest BCUT2D eigenvalue weighted by molar-refractivity contribution is 6.31. The molecule has 3 atom stereocenters. The predicted octanol–water partition coefficient (Wildman–Crippen LogP) is 7.26. The second-order valence-corrected chi connectivity index (χ2v) is 11.4. The lowest BCUT2D eigenvalue weighted by molar-refractivity contribution is -0.106. The average molecular weight is 639 g/mol. The van der Waals surface area contributed by atoms with E-state index in [1.807, 2.05) is 32.0 Å². The summed E-state index contributed by atoms with van der Waals surface area (Å²) < 4.78 is 40.0. The van der Waals surface area contributed by atoms with Crippen molar-refractivity contribution in [2.45, 2.75) is 52.2 Å². The van der Waals surface area contributed by atoms with Crippen LogP contribution in [0.2, 0.25) is 5.02 Å². The molecule has 2 aromatic rings. The van der Waals surface area contributed by atoms with Gasteiger partial charge < -0.3 is 25.8 Å². The standard InChI is InChI=1S/C32H32ClF2N3O2.C2H6.CH3NO/c1-16-15-40-32-23(16)13-27(38-31(32)22-6-5-7-25(35)29(22)33)24(19-8-9-19)14-36-18(3)20-10-21-11-26(17(2)34)37-30(21)28(12-20)39-4;1-2;2-1-3/h5-7,10,12-13,17,19,24,31,36,38H,1,3,8-9,11,14-15H2,2,4H3;1-2H3;1H,(H2,2,3). The van der Waals surface area contributed by atoms with Gasteiger partial charge in [-0.2, -0.15) is 0 Å². The zero-order valence-corrected chi connectivity index (χ0v) is 26.9. The Balaban J connectivity index is 0.000000871. The molecule has 1 saturated carbocycles. The van der Waals surface area contributed by atoms with Crippen LogP contribution in [0.15, 0.2) is 77.2 Å². The van der Waals surface area contributed by atoms with Crippen LogP contribution in [-0.4, -0.2) is 38.6 Å². The first kappa shape index (κ1) is 33.8. The zero-order valence-electron chi connectivity index (χ0n) is 26.2. The van der Waals surface area contributed by atoms with Gasteiger partial charge in [-0.05, 0) is 61.1 Å². The molecule has 240 valence electrons. The largest absolute Gasteiger partial charge is 0.494 e. The van der Waals surface area contributed by atoms with Gasteiger partial charge >= 0.3 is 0 Å². The smallest absolute Gasteiger partial charge is 0.204 e. The van der Waals surface area contributed by atoms with E-state index in [0.717, 1.165) is 52.3 Å². The van der Waals surface area contributed by atoms with Gasteiger partial charge in [0, 0.05) is 47.0 Å². The Hall–Kier alpha value is -4.11. The van der Waals surface area contributed by atoms with Crippen molar-refractivity contribution >= 4 is 35.1 Å². The molecule has 0 saturated heterocycles. The number of hydrogen-bond acceptors (Lipinski definition) is 6. The van der Waals surface area contributed by atoms with Gasteiger partial charge in [-0.3, -0.25) is 9.79 Å². The fourth-order valence-corrected chi connectivity index (χ4v) is 5.98. The number of aliphatic imine (C=N–C) groups is 1. The molecule has 1 fully saturated rings. The summed E-state index contributed by atoms with van der Waals surface area (Å²) >= 11 is 6.42. The Morgan fingerprint density at radius 3 is 2.69 bits per heavy atom. The number of hydrogen-bond donors (Lipinski definition) is 3. The second-order valence-electron chi connectivity index (χ2n) is 11.0. The molecule has 6 rings (SSSR count). The van der Waals surface area contributed by atoms with Gasteiger partial charge in [-0.15, -0.1) is 0 Å². The van der Waals surface area contributed by atoms with E-state index in [1.165, 1.54) is 13.0 Å². The number of benzene rings is 2. The van der Waals surface area contributed by atoms with Crippen molar-refractivity contribution in [3.8, 4) is 5.75 Å². The fourth-order valence-electron chi connectivity index (χ4n) is 5.74. The summed E-state index contributed by atoms with van der Waals surface area (Å²) in [6, 6.07) is 8.35. The van der Waals surface area contributed by atoms with Crippen molar-refractivity contribution in [2.75, 3.05) is 20.3 Å². The van der Waals surface area contributed by atoms with Crippen LogP contribution in [0.1, 0.15) is 56.3 Å². The van der Waals surface area contributed by atoms with Crippen LogP contribution in [0.5, 0.6) is 5.75 Å². The molecule has 2 aromatic carbocycles. The van der Waals surface area contributed by atoms with Crippen LogP contribution in [0.4, 0.5) is 14.5 Å². The number of nitrogens with zero attached hydrogens (tertiary/aromatic N) is 1. The number of alkyl halides is 1. The third kappa shape index (κ3) is 7.25. The Morgan fingerprint density at radius 2 is 2.04 bits per heavy atom. The van der Waals surface area contributed by atoms with Gasteiger partial charge in [0.15, 0.2) is 0 Å². The van der Waals surface area contributed by atoms with Crippen LogP contribution in [-0.2, 0) is 16.0 Å². The lowest BCUT2D eigenvalue weighted by atomic mass is 9.89. The van der Waals surface area contributed by atoms with Crippen molar-refractivity contribution < 1.29 is 23.0 Å². The molecular weight excluding hydrogens is 598 g/mol. The third-order valence-corrected chi connectivity index (χ3v) is 8.55. The SMILES string of the molecule is C=C1COC2=C1C=C(C(CNC(=C)c1cc3c(c(OC)c1)N=C(C(C)F)C3)C1CC1)NC2c1cccc(F)c1Cl.CC.NC=O. The van der Waals surface area contributed by atoms with Crippen LogP contribution in [0.25, 0.3) is 5.70 Å². The number of primary amides is 1. The van der Waals surface area contributed by atoms with Crippen molar-refractivity contribution in [2.24, 2.45) is 22.6 Å². The lowest BCUT2D eigenvalue weighted by Gasteiger charge is -2.32. The first-order valence-corrected chi connectivity index (χ1v) is 15.5. The van der Waals surface area contributed by atoms with E-state index >= 15 is 0 Å². The maximum atomic E-state index is 14.4. The number of fused-ring (bicyclic) bond motifs is 1. The van der Waals surface area contributed by atoms with E-state index < -0.39 is 18.0 Å². The number of allylic oxidation sites excluding steroid dienone is 1. The molecule has 7 nitrogen and oxygen atoms in total. The molecule has 3 heterocycles. The second kappa shape index (κ2) is 14.8. The van der Waals surface area contributed by atoms with Crippen LogP contribution < -0.4 is 21.1 Å². The highest BCUT2D eigenvalue weighted by Gasteiger charge is 2.39. The predicted molar refractivity (Wildman–Crippen MR) is 177 cm³/mol. The Morgan fingerprint density at radius 1 is 1.33 bits per heavy atom. The van der Waals surface area contributed by atoms with Gasteiger partial charge in [0.2, 0.25) is 6.41 Å². The normalized spacial score (nSPS) is 19.1. The summed E-state index contributed by atoms with van der Waals surface area (Å²) in [5, 5.41) is 7.26. The summed E-state index contributed by atoms with van der Waals surface area (Å²) in [4.78, 5) is 13.0. The topological polar surface area (TPSA) is 98.0 Å². The fraction of sp³-hybridized carbons (Fsp3) is 0.371. The minimum absolute atomic E-state index is 0.0866. The number of methoxy groups -OCH3 is 1. The summed E-state index contributed by atoms with van der Waals surface area (Å²) in [6.45, 7) is 15.0. The first-order valence-electron chi connectivity index (χ1n) is 15.1. The Labute approximate surface area is 268 Å². The molecule has 1 amide bonds. The highest BCUT2D eigenvalue weighted by Crippen LogP contribution is 2.46. The first-order chi connectivity index (χ1) is 21.7. The molecule has 0 aromatic heterocycles. The van der Waals surface area contributed by atoms with E-state index in [1.54, 1.807) is 13.2 Å². The highest BCUT2D eigenvalue weighted by atomic mass is 35.5. The number of halogens is 3. The van der Waals surface area contributed by atoms with E-state index in [0.29, 0.717) is 48.2 Å². The maximum absolute atomic E-state index is 14.4. The number of ether oxygens (including phenoxy) is 2. The average Bonchev–Trinajstić information content (AvgIpc) is 3.66. The molecule has 1 aliphatic carbocycles. The Bertz CT molecular complexity index is 1560. The number of amides is 1. The van der Waals surface area contributed by atoms with Crippen LogP contribution in [0.3, 0.4) is 0 Å². The van der Waals surface area contributed by atoms with E-state index in [2.05, 4.69) is 40.6 Å². The monoisotopic (exact) mass is 638 g/mol. The molecule has 10 heteroatoms. The number of carbonyl (C=O) groups excluding carboxylic acids is 1. The number of carbonyl (C=O) groups is 1. The van der Waals surface area contributed by atoms with Gasteiger partial charge in [0.1, 0.15) is 41.8 Å². The minimum Gasteiger partial charge on any atom is -0.494 e. The Kier molecular flexibility index (Phi) is 11.1. The molecule has 4 N–H and O–H groups in total. The third-order valence-electron chi connectivity index (χ3n) is 8.15. The van der Waals surface area contributed by atoms with E-state index in [-0.39, 0.29) is 17.4 Å². The zero-order chi connectivity index (χ0) is 32.8. The summed E-state index contributed by atoms with van der Waals surface area (Å²) in [7, 11) is 1.59. The molecule has 3 aliphatic heterocycles. The molecule has 4 aliphatic rings. The minimum atomic E-state index is -1.11. The quantitative estimate of drug-likeness (QED) is 0.251. The van der Waals surface area contributed by atoms with Crippen LogP contribution in [0, 0.1) is 17.7 Å². The number of dihydropyridines is 1. The van der Waals surface area contributed by atoms with Gasteiger partial charge in [-0.1, -0.05) is 50.7 Å². The number of rotatable bonds is 9. The molecule has 0 radical (unpaired) electrons. The molecule has 3 unspecified atom stereocenters. The number of nitrogens with two attached hydrogens (primary N) is 1. The van der Waals surface area contributed by atoms with Gasteiger partial charge in [-0.25, -0.2) is 8.78 Å². The molecule has 45 heavy (non-hydrogen) atoms. The summed E-state index contributed by atoms with van der Waals surface area (Å²) in [5.74, 6) is 1.53. The summed E-state index contributed by atoms with van der Waals surface area (Å²) in [6.07, 6.45) is 3.97. The van der Waals surface area contributed by atoms with Gasteiger partial charge in [0.25, 0.3) is 0 Å². The summed E-state index contributed by atoms with van der Waals surface area (Å²) in [5.41, 5.74) is 11.5.